The van der Waals surface area contributed by atoms with Gasteiger partial charge in [-0.2, -0.15) is 0 Å². The summed E-state index contributed by atoms with van der Waals surface area (Å²) in [6, 6.07) is 0. The molecule has 2 nitrogen and oxygen atoms in total. The van der Waals surface area contributed by atoms with Crippen molar-refractivity contribution < 1.29 is 9.90 Å². The number of carbonyl (C=O) groups is 1. The predicted octanol–water partition coefficient (Wildman–Crippen LogP) is 5.08. The van der Waals surface area contributed by atoms with Crippen molar-refractivity contribution in [2.75, 3.05) is 0 Å². The largest absolute Gasteiger partial charge is 0.481 e. The maximum Gasteiger partial charge on any atom is 0.310 e. The number of hydrogen-bond acceptors (Lipinski definition) is 1. The minimum Gasteiger partial charge on any atom is -0.481 e. The average molecular weight is 279 g/mol. The summed E-state index contributed by atoms with van der Waals surface area (Å²) < 4.78 is 0. The summed E-state index contributed by atoms with van der Waals surface area (Å²) in [5.41, 5.74) is -0.507. The van der Waals surface area contributed by atoms with Crippen LogP contribution in [0.5, 0.6) is 0 Å². The summed E-state index contributed by atoms with van der Waals surface area (Å²) in [6.45, 7) is 6.75. The average Bonchev–Trinajstić information content (AvgIpc) is 2.39. The highest BCUT2D eigenvalue weighted by molar-refractivity contribution is 5.77. The second kappa shape index (κ2) is 6.07. The summed E-state index contributed by atoms with van der Waals surface area (Å²) in [5.74, 6) is 0.310. The Kier molecular flexibility index (Phi) is 4.81. The van der Waals surface area contributed by atoms with Crippen LogP contribution < -0.4 is 0 Å². The van der Waals surface area contributed by atoms with Crippen LogP contribution in [0, 0.1) is 29.1 Å². The van der Waals surface area contributed by atoms with Crippen molar-refractivity contribution in [2.24, 2.45) is 22.7 Å². The first-order chi connectivity index (χ1) is 9.38. The molecule has 2 aliphatic carbocycles. The number of carboxylic acids is 1. The second-order valence-corrected chi connectivity index (χ2v) is 8.04. The topological polar surface area (TPSA) is 37.3 Å². The van der Waals surface area contributed by atoms with Crippen LogP contribution in [0.25, 0.3) is 0 Å². The van der Waals surface area contributed by atoms with E-state index in [4.69, 9.17) is 0 Å². The van der Waals surface area contributed by atoms with Gasteiger partial charge in [0.25, 0.3) is 0 Å². The molecule has 2 aliphatic rings. The lowest BCUT2D eigenvalue weighted by Crippen LogP contribution is -2.50. The molecule has 0 saturated heterocycles. The molecule has 0 amide bonds. The molecule has 0 aromatic carbocycles. The van der Waals surface area contributed by atoms with E-state index in [9.17, 15) is 9.90 Å². The van der Waals surface area contributed by atoms with Gasteiger partial charge in [-0.3, -0.25) is 4.79 Å². The zero-order chi connectivity index (χ0) is 14.8. The van der Waals surface area contributed by atoms with Crippen LogP contribution in [0.1, 0.15) is 78.6 Å². The smallest absolute Gasteiger partial charge is 0.310 e. The molecular formula is C18H31O2. The second-order valence-electron chi connectivity index (χ2n) is 8.04. The van der Waals surface area contributed by atoms with Crippen LogP contribution in [-0.4, -0.2) is 11.1 Å². The SMILES string of the molecule is CC(C)(C)C(C1CCCCC1)C1(C(=O)O)[CH]CCCC1. The summed E-state index contributed by atoms with van der Waals surface area (Å²) >= 11 is 0. The molecule has 115 valence electrons. The van der Waals surface area contributed by atoms with Crippen molar-refractivity contribution in [1.82, 2.24) is 0 Å². The Balaban J connectivity index is 2.34. The molecule has 0 aliphatic heterocycles. The van der Waals surface area contributed by atoms with Crippen LogP contribution in [-0.2, 0) is 4.79 Å². The van der Waals surface area contributed by atoms with E-state index in [2.05, 4.69) is 27.2 Å². The fourth-order valence-corrected chi connectivity index (χ4v) is 5.00. The van der Waals surface area contributed by atoms with E-state index in [1.807, 2.05) is 0 Å². The quantitative estimate of drug-likeness (QED) is 0.782. The first kappa shape index (κ1) is 15.9. The highest BCUT2D eigenvalue weighted by Gasteiger charge is 2.53. The number of hydrogen-bond donors (Lipinski definition) is 1. The van der Waals surface area contributed by atoms with Gasteiger partial charge in [-0.1, -0.05) is 65.7 Å². The van der Waals surface area contributed by atoms with Crippen molar-refractivity contribution in [1.29, 1.82) is 0 Å². The number of aliphatic carboxylic acids is 1. The summed E-state index contributed by atoms with van der Waals surface area (Å²) in [7, 11) is 0. The van der Waals surface area contributed by atoms with E-state index in [-0.39, 0.29) is 11.3 Å². The lowest BCUT2D eigenvalue weighted by molar-refractivity contribution is -0.158. The van der Waals surface area contributed by atoms with Gasteiger partial charge in [-0.05, 0) is 36.5 Å². The summed E-state index contributed by atoms with van der Waals surface area (Å²) in [5, 5.41) is 10.0. The van der Waals surface area contributed by atoms with Gasteiger partial charge in [0.1, 0.15) is 0 Å². The third-order valence-corrected chi connectivity index (χ3v) is 5.56. The number of carboxylic acid groups (broad SMARTS) is 1. The van der Waals surface area contributed by atoms with Crippen molar-refractivity contribution in [3.8, 4) is 0 Å². The Morgan fingerprint density at radius 2 is 1.80 bits per heavy atom. The molecule has 0 bridgehead atoms. The summed E-state index contributed by atoms with van der Waals surface area (Å²) in [4.78, 5) is 12.2. The Hall–Kier alpha value is -0.530. The van der Waals surface area contributed by atoms with E-state index >= 15 is 0 Å². The normalized spacial score (nSPS) is 26.1. The maximum absolute atomic E-state index is 12.2. The van der Waals surface area contributed by atoms with Crippen LogP contribution in [0.2, 0.25) is 0 Å². The highest BCUT2D eigenvalue weighted by atomic mass is 16.4. The van der Waals surface area contributed by atoms with Gasteiger partial charge in [0, 0.05) is 0 Å². The zero-order valence-electron chi connectivity index (χ0n) is 13.5. The van der Waals surface area contributed by atoms with Crippen LogP contribution in [0.3, 0.4) is 0 Å². The monoisotopic (exact) mass is 279 g/mol. The lowest BCUT2D eigenvalue weighted by Gasteiger charge is -2.51. The van der Waals surface area contributed by atoms with E-state index in [1.165, 1.54) is 32.1 Å². The maximum atomic E-state index is 12.2. The molecule has 20 heavy (non-hydrogen) atoms. The molecule has 2 unspecified atom stereocenters. The van der Waals surface area contributed by atoms with E-state index in [0.717, 1.165) is 25.7 Å². The fourth-order valence-electron chi connectivity index (χ4n) is 5.00. The van der Waals surface area contributed by atoms with Crippen molar-refractivity contribution in [3.63, 3.8) is 0 Å². The highest BCUT2D eigenvalue weighted by Crippen LogP contribution is 2.55. The molecule has 0 aromatic heterocycles. The third kappa shape index (κ3) is 3.04. The van der Waals surface area contributed by atoms with Gasteiger partial charge < -0.3 is 5.11 Å². The van der Waals surface area contributed by atoms with Crippen LogP contribution in [0.4, 0.5) is 0 Å². The molecule has 0 aromatic rings. The minimum absolute atomic E-state index is 0.0637. The van der Waals surface area contributed by atoms with Crippen molar-refractivity contribution >= 4 is 5.97 Å². The van der Waals surface area contributed by atoms with E-state index in [0.29, 0.717) is 5.92 Å². The molecule has 2 heteroatoms. The Morgan fingerprint density at radius 3 is 2.25 bits per heavy atom. The van der Waals surface area contributed by atoms with Gasteiger partial charge in [-0.25, -0.2) is 0 Å². The minimum atomic E-state index is -0.571. The predicted molar refractivity (Wildman–Crippen MR) is 82.4 cm³/mol. The van der Waals surface area contributed by atoms with Crippen LogP contribution >= 0.6 is 0 Å². The van der Waals surface area contributed by atoms with E-state index in [1.54, 1.807) is 0 Å². The van der Waals surface area contributed by atoms with E-state index < -0.39 is 11.4 Å². The van der Waals surface area contributed by atoms with Gasteiger partial charge in [-0.15, -0.1) is 0 Å². The Labute approximate surface area is 124 Å². The molecular weight excluding hydrogens is 248 g/mol. The fraction of sp³-hybridized carbons (Fsp3) is 0.889. The standard InChI is InChI=1S/C18H31O2/c1-17(2,3)15(14-10-6-4-7-11-14)18(16(19)20)12-8-5-9-13-18/h12,14-15H,4-11,13H2,1-3H3,(H,19,20). The number of rotatable bonds is 3. The molecule has 1 N–H and O–H groups in total. The Morgan fingerprint density at radius 1 is 1.15 bits per heavy atom. The molecule has 0 spiro atoms. The van der Waals surface area contributed by atoms with Gasteiger partial charge in [0.05, 0.1) is 5.41 Å². The Bertz CT molecular complexity index is 328. The molecule has 2 saturated carbocycles. The zero-order valence-corrected chi connectivity index (χ0v) is 13.5. The third-order valence-electron chi connectivity index (χ3n) is 5.56. The molecule has 1 radical (unpaired) electrons. The molecule has 2 fully saturated rings. The van der Waals surface area contributed by atoms with Crippen molar-refractivity contribution in [3.05, 3.63) is 6.42 Å². The lowest BCUT2D eigenvalue weighted by atomic mass is 9.52. The van der Waals surface area contributed by atoms with Gasteiger partial charge >= 0.3 is 5.97 Å². The van der Waals surface area contributed by atoms with Gasteiger partial charge in [0.2, 0.25) is 0 Å². The first-order valence-electron chi connectivity index (χ1n) is 8.46. The summed E-state index contributed by atoms with van der Waals surface area (Å²) in [6.07, 6.45) is 12.6. The molecule has 2 atom stereocenters. The first-order valence-corrected chi connectivity index (χ1v) is 8.46. The molecule has 0 heterocycles. The molecule has 2 rings (SSSR count). The van der Waals surface area contributed by atoms with Gasteiger partial charge in [0.15, 0.2) is 0 Å². The van der Waals surface area contributed by atoms with Crippen LogP contribution in [0.15, 0.2) is 0 Å². The van der Waals surface area contributed by atoms with Crippen molar-refractivity contribution in [2.45, 2.75) is 78.6 Å².